The highest BCUT2D eigenvalue weighted by molar-refractivity contribution is 5.81. The lowest BCUT2D eigenvalue weighted by molar-refractivity contribution is 0.313. The molecule has 120 valence electrons. The number of aryl methyl sites for hydroxylation is 2. The van der Waals surface area contributed by atoms with Gasteiger partial charge < -0.3 is 9.64 Å². The summed E-state index contributed by atoms with van der Waals surface area (Å²) in [7, 11) is 3.91. The summed E-state index contributed by atoms with van der Waals surface area (Å²) in [6.45, 7) is 3.09. The third kappa shape index (κ3) is 2.55. The average Bonchev–Trinajstić information content (AvgIpc) is 2.98. The van der Waals surface area contributed by atoms with Crippen molar-refractivity contribution in [2.75, 3.05) is 27.2 Å². The van der Waals surface area contributed by atoms with Crippen molar-refractivity contribution in [1.29, 1.82) is 0 Å². The smallest absolute Gasteiger partial charge is 0.158 e. The lowest BCUT2D eigenvalue weighted by Crippen LogP contribution is -2.27. The van der Waals surface area contributed by atoms with Crippen LogP contribution in [0.2, 0.25) is 0 Å². The highest BCUT2D eigenvalue weighted by Crippen LogP contribution is 2.36. The van der Waals surface area contributed by atoms with E-state index < -0.39 is 0 Å². The Morgan fingerprint density at radius 3 is 2.70 bits per heavy atom. The van der Waals surface area contributed by atoms with Gasteiger partial charge in [-0.3, -0.25) is 0 Å². The van der Waals surface area contributed by atoms with E-state index in [1.54, 1.807) is 13.4 Å². The minimum atomic E-state index is 0.867. The number of likely N-dealkylation sites (tertiary alicyclic amines) is 1. The van der Waals surface area contributed by atoms with Gasteiger partial charge in [-0.1, -0.05) is 11.6 Å². The second kappa shape index (κ2) is 5.81. The van der Waals surface area contributed by atoms with E-state index in [0.717, 1.165) is 50.5 Å². The molecule has 0 aliphatic carbocycles. The summed E-state index contributed by atoms with van der Waals surface area (Å²) in [6, 6.07) is 6.41. The van der Waals surface area contributed by atoms with E-state index in [9.17, 15) is 0 Å². The molecule has 3 heterocycles. The molecule has 0 saturated carbocycles. The van der Waals surface area contributed by atoms with Gasteiger partial charge in [0, 0.05) is 25.2 Å². The molecule has 0 spiro atoms. The fourth-order valence-electron chi connectivity index (χ4n) is 3.60. The first-order valence-corrected chi connectivity index (χ1v) is 8.22. The van der Waals surface area contributed by atoms with Gasteiger partial charge in [0.1, 0.15) is 12.1 Å². The summed E-state index contributed by atoms with van der Waals surface area (Å²) in [5, 5.41) is 4.43. The van der Waals surface area contributed by atoms with E-state index in [0.29, 0.717) is 0 Å². The molecule has 0 unspecified atom stereocenters. The van der Waals surface area contributed by atoms with Gasteiger partial charge >= 0.3 is 0 Å². The molecule has 1 aromatic carbocycles. The predicted octanol–water partition coefficient (Wildman–Crippen LogP) is 2.37. The summed E-state index contributed by atoms with van der Waals surface area (Å²) >= 11 is 0. The Morgan fingerprint density at radius 1 is 1.09 bits per heavy atom. The van der Waals surface area contributed by atoms with Crippen LogP contribution >= 0.6 is 0 Å². The van der Waals surface area contributed by atoms with Crippen molar-refractivity contribution in [2.24, 2.45) is 0 Å². The minimum Gasteiger partial charge on any atom is -0.497 e. The number of aromatic nitrogens is 3. The zero-order chi connectivity index (χ0) is 15.8. The van der Waals surface area contributed by atoms with Crippen LogP contribution in [0.5, 0.6) is 5.75 Å². The zero-order valence-corrected chi connectivity index (χ0v) is 13.7. The van der Waals surface area contributed by atoms with Crippen LogP contribution in [0.3, 0.4) is 0 Å². The second-order valence-electron chi connectivity index (χ2n) is 6.36. The predicted molar refractivity (Wildman–Crippen MR) is 89.5 cm³/mol. The van der Waals surface area contributed by atoms with Gasteiger partial charge in [-0.25, -0.2) is 9.67 Å². The molecule has 0 N–H and O–H groups in total. The fourth-order valence-corrected chi connectivity index (χ4v) is 3.60. The highest BCUT2D eigenvalue weighted by Gasteiger charge is 2.25. The normalized spacial score (nSPS) is 18.3. The van der Waals surface area contributed by atoms with Gasteiger partial charge in [0.05, 0.1) is 7.11 Å². The second-order valence-corrected chi connectivity index (χ2v) is 6.36. The Bertz CT molecular complexity index is 752. The lowest BCUT2D eigenvalue weighted by atomic mass is 9.90. The Balaban J connectivity index is 1.89. The monoisotopic (exact) mass is 310 g/mol. The zero-order valence-electron chi connectivity index (χ0n) is 13.7. The molecule has 0 radical (unpaired) electrons. The van der Waals surface area contributed by atoms with E-state index >= 15 is 0 Å². The van der Waals surface area contributed by atoms with E-state index in [1.165, 1.54) is 22.3 Å². The van der Waals surface area contributed by atoms with Crippen molar-refractivity contribution >= 4 is 5.57 Å². The molecule has 2 aliphatic rings. The lowest BCUT2D eigenvalue weighted by Gasteiger charge is -2.26. The first-order valence-electron chi connectivity index (χ1n) is 8.22. The Kier molecular flexibility index (Phi) is 3.65. The molecule has 23 heavy (non-hydrogen) atoms. The minimum absolute atomic E-state index is 0.867. The number of hydrogen-bond donors (Lipinski definition) is 0. The molecule has 2 aromatic rings. The number of fused-ring (bicyclic) bond motifs is 2. The van der Waals surface area contributed by atoms with E-state index in [1.807, 2.05) is 4.68 Å². The summed E-state index contributed by atoms with van der Waals surface area (Å²) in [5.41, 5.74) is 5.44. The van der Waals surface area contributed by atoms with Crippen molar-refractivity contribution in [3.8, 4) is 5.75 Å². The van der Waals surface area contributed by atoms with Crippen LogP contribution < -0.4 is 4.74 Å². The third-order valence-corrected chi connectivity index (χ3v) is 4.96. The Hall–Kier alpha value is -2.14. The molecular weight excluding hydrogens is 288 g/mol. The number of hydrogen-bond acceptors (Lipinski definition) is 4. The molecule has 1 saturated heterocycles. The van der Waals surface area contributed by atoms with Gasteiger partial charge in [-0.15, -0.1) is 0 Å². The van der Waals surface area contributed by atoms with Gasteiger partial charge in [-0.2, -0.15) is 5.10 Å². The molecule has 2 aliphatic heterocycles. The van der Waals surface area contributed by atoms with Crippen molar-refractivity contribution in [1.82, 2.24) is 19.7 Å². The van der Waals surface area contributed by atoms with Crippen LogP contribution in [0.1, 0.15) is 29.8 Å². The van der Waals surface area contributed by atoms with Crippen LogP contribution in [0, 0.1) is 0 Å². The summed E-state index contributed by atoms with van der Waals surface area (Å²) in [4.78, 5) is 6.97. The third-order valence-electron chi connectivity index (χ3n) is 4.96. The van der Waals surface area contributed by atoms with E-state index in [4.69, 9.17) is 4.74 Å². The molecular formula is C18H22N4O. The number of methoxy groups -OCH3 is 1. The SMILES string of the molecule is COc1ccc2c(c1)CCn1ncnc1C2=C1CCN(C)CC1. The van der Waals surface area contributed by atoms with Crippen LogP contribution in [-0.4, -0.2) is 46.9 Å². The molecule has 5 nitrogen and oxygen atoms in total. The standard InChI is InChI=1S/C18H22N4O/c1-21-8-5-13(6-9-21)17-16-4-3-15(23-2)11-14(16)7-10-22-18(17)19-12-20-22/h3-4,11-12H,5-10H2,1-2H3. The number of benzene rings is 1. The van der Waals surface area contributed by atoms with E-state index in [2.05, 4.69) is 40.2 Å². The van der Waals surface area contributed by atoms with E-state index in [-0.39, 0.29) is 0 Å². The van der Waals surface area contributed by atoms with Crippen LogP contribution in [-0.2, 0) is 13.0 Å². The molecule has 1 aromatic heterocycles. The van der Waals surface area contributed by atoms with Gasteiger partial charge in [-0.05, 0) is 49.6 Å². The quantitative estimate of drug-likeness (QED) is 0.811. The molecule has 0 atom stereocenters. The number of piperidine rings is 1. The van der Waals surface area contributed by atoms with Crippen molar-refractivity contribution in [2.45, 2.75) is 25.8 Å². The van der Waals surface area contributed by atoms with Gasteiger partial charge in [0.25, 0.3) is 0 Å². The topological polar surface area (TPSA) is 43.2 Å². The molecule has 0 bridgehead atoms. The number of ether oxygens (including phenoxy) is 1. The largest absolute Gasteiger partial charge is 0.497 e. The number of nitrogens with zero attached hydrogens (tertiary/aromatic N) is 4. The Morgan fingerprint density at radius 2 is 1.91 bits per heavy atom. The van der Waals surface area contributed by atoms with Crippen LogP contribution in [0.4, 0.5) is 0 Å². The average molecular weight is 310 g/mol. The first-order chi connectivity index (χ1) is 11.3. The molecule has 4 rings (SSSR count). The molecule has 5 heteroatoms. The fraction of sp³-hybridized carbons (Fsp3) is 0.444. The van der Waals surface area contributed by atoms with Gasteiger partial charge in [0.15, 0.2) is 5.82 Å². The number of rotatable bonds is 1. The van der Waals surface area contributed by atoms with Crippen molar-refractivity contribution in [3.63, 3.8) is 0 Å². The maximum Gasteiger partial charge on any atom is 0.158 e. The van der Waals surface area contributed by atoms with Crippen LogP contribution in [0.15, 0.2) is 30.1 Å². The summed E-state index contributed by atoms with van der Waals surface area (Å²) in [6.07, 6.45) is 4.84. The van der Waals surface area contributed by atoms with Crippen LogP contribution in [0.25, 0.3) is 5.57 Å². The first kappa shape index (κ1) is 14.5. The Labute approximate surface area is 136 Å². The maximum absolute atomic E-state index is 5.41. The molecule has 1 fully saturated rings. The molecule has 0 amide bonds. The highest BCUT2D eigenvalue weighted by atomic mass is 16.5. The maximum atomic E-state index is 5.41. The van der Waals surface area contributed by atoms with Crippen molar-refractivity contribution in [3.05, 3.63) is 47.1 Å². The van der Waals surface area contributed by atoms with Crippen molar-refractivity contribution < 1.29 is 4.74 Å². The van der Waals surface area contributed by atoms with Gasteiger partial charge in [0.2, 0.25) is 0 Å². The summed E-state index contributed by atoms with van der Waals surface area (Å²) < 4.78 is 7.46. The summed E-state index contributed by atoms with van der Waals surface area (Å²) in [5.74, 6) is 1.94.